The standard InChI is InChI=1S/C48H56N9O12PS/c1-31(2)57(32(3)4)70(67-23-11-21-49)69-39-27-43(68-40(39)29-66-35-18-16-34(64-5)17-19-35)56-30-51-44-45(56)53-47(54-46(44)60)52-41(58)20-22-50-42(59)26-33-28-55(38-15-10-9-14-37(33)38)48(61)65-24-25-71(62,63)36-12-7-6-8-13-36/h6-10,12-19,28,30-32,39-40,43H,11,20,22-27,29H2,1-5H3,(H,50,59)(H2,52,53,54,58,60)/t39-,40-,43-,70?/m1/s1. The summed E-state index contributed by atoms with van der Waals surface area (Å²) >= 11 is 0. The smallest absolute Gasteiger partial charge is 0.418 e. The molecule has 0 spiro atoms. The maximum absolute atomic E-state index is 13.3. The van der Waals surface area contributed by atoms with E-state index in [4.69, 9.17) is 28.0 Å². The topological polar surface area (TPSA) is 260 Å². The maximum Gasteiger partial charge on any atom is 0.418 e. The fraction of sp³-hybridized carbons (Fsp3) is 0.396. The second kappa shape index (κ2) is 23.9. The van der Waals surface area contributed by atoms with E-state index in [1.807, 2.05) is 27.7 Å². The summed E-state index contributed by atoms with van der Waals surface area (Å²) in [5.41, 5.74) is 0.496. The Labute approximate surface area is 411 Å². The Morgan fingerprint density at radius 2 is 1.70 bits per heavy atom. The zero-order valence-corrected chi connectivity index (χ0v) is 41.6. The van der Waals surface area contributed by atoms with Crippen LogP contribution in [0.25, 0.3) is 22.1 Å². The molecule has 0 radical (unpaired) electrons. The number of methoxy groups -OCH3 is 1. The van der Waals surface area contributed by atoms with Crippen LogP contribution in [-0.2, 0) is 44.4 Å². The Morgan fingerprint density at radius 1 is 0.986 bits per heavy atom. The number of aromatic nitrogens is 5. The molecule has 376 valence electrons. The van der Waals surface area contributed by atoms with E-state index in [2.05, 4.69) is 36.3 Å². The monoisotopic (exact) mass is 1010 g/mol. The molecule has 71 heavy (non-hydrogen) atoms. The van der Waals surface area contributed by atoms with Gasteiger partial charge < -0.3 is 33.3 Å². The molecule has 0 saturated carbocycles. The minimum Gasteiger partial charge on any atom is -0.497 e. The summed E-state index contributed by atoms with van der Waals surface area (Å²) in [7, 11) is -3.77. The Morgan fingerprint density at radius 3 is 2.42 bits per heavy atom. The predicted octanol–water partition coefficient (Wildman–Crippen LogP) is 6.26. The summed E-state index contributed by atoms with van der Waals surface area (Å²) in [6.07, 6.45) is 0.249. The molecule has 3 N–H and O–H groups in total. The number of hydrogen-bond acceptors (Lipinski definition) is 16. The largest absolute Gasteiger partial charge is 0.497 e. The van der Waals surface area contributed by atoms with Gasteiger partial charge in [-0.15, -0.1) is 0 Å². The number of aromatic amines is 1. The Kier molecular flexibility index (Phi) is 17.6. The lowest BCUT2D eigenvalue weighted by atomic mass is 10.1. The lowest BCUT2D eigenvalue weighted by molar-refractivity contribution is -0.120. The molecule has 21 nitrogen and oxygen atoms in total. The summed E-state index contributed by atoms with van der Waals surface area (Å²) in [6.45, 7) is 7.96. The van der Waals surface area contributed by atoms with Crippen LogP contribution >= 0.6 is 8.53 Å². The molecule has 1 unspecified atom stereocenters. The number of rotatable bonds is 23. The zero-order chi connectivity index (χ0) is 50.7. The van der Waals surface area contributed by atoms with Crippen molar-refractivity contribution in [3.05, 3.63) is 107 Å². The van der Waals surface area contributed by atoms with Crippen molar-refractivity contribution in [3.8, 4) is 17.6 Å². The first-order chi connectivity index (χ1) is 34.1. The van der Waals surface area contributed by atoms with E-state index in [-0.39, 0.29) is 86.1 Å². The van der Waals surface area contributed by atoms with Gasteiger partial charge in [-0.3, -0.25) is 33.8 Å². The van der Waals surface area contributed by atoms with Crippen molar-refractivity contribution in [2.24, 2.45) is 0 Å². The van der Waals surface area contributed by atoms with Gasteiger partial charge in [-0.05, 0) is 75.7 Å². The number of benzene rings is 3. The number of amides is 2. The van der Waals surface area contributed by atoms with Gasteiger partial charge in [0.15, 0.2) is 21.0 Å². The van der Waals surface area contributed by atoms with E-state index in [0.29, 0.717) is 28.0 Å². The van der Waals surface area contributed by atoms with Gasteiger partial charge in [0.1, 0.15) is 37.0 Å². The van der Waals surface area contributed by atoms with Gasteiger partial charge in [-0.2, -0.15) is 10.2 Å². The zero-order valence-electron chi connectivity index (χ0n) is 39.8. The SMILES string of the molecule is COc1ccc(OC[C@H]2O[C@@H](n3cnc4c(=O)[nH]c(NC(=O)CCNC(=O)Cc5cn(C(=O)OCCS(=O)(=O)c6ccccc6)c6ccccc56)nc43)C[C@H]2OP(OCCC#N)N(C(C)C)C(C)C)cc1. The number of fused-ring (bicyclic) bond motifs is 2. The van der Waals surface area contributed by atoms with E-state index in [0.717, 1.165) is 0 Å². The fourth-order valence-corrected chi connectivity index (χ4v) is 10.8. The van der Waals surface area contributed by atoms with Crippen molar-refractivity contribution in [1.82, 2.24) is 34.1 Å². The van der Waals surface area contributed by atoms with Gasteiger partial charge in [0.2, 0.25) is 17.8 Å². The summed E-state index contributed by atoms with van der Waals surface area (Å²) in [6, 6.07) is 24.1. The number of nitrogens with zero attached hydrogens (tertiary/aromatic N) is 6. The van der Waals surface area contributed by atoms with E-state index < -0.39 is 66.0 Å². The van der Waals surface area contributed by atoms with Crippen LogP contribution in [0.15, 0.2) is 101 Å². The molecule has 0 aliphatic carbocycles. The minimum atomic E-state index is -3.68. The number of nitrogens with one attached hydrogen (secondary N) is 3. The number of nitriles is 1. The fourth-order valence-electron chi connectivity index (χ4n) is 7.93. The first-order valence-electron chi connectivity index (χ1n) is 22.9. The average Bonchev–Trinajstić information content (AvgIpc) is 4.06. The molecule has 1 fully saturated rings. The van der Waals surface area contributed by atoms with Crippen LogP contribution in [0.5, 0.6) is 11.5 Å². The number of anilines is 1. The van der Waals surface area contributed by atoms with Crippen LogP contribution in [0.1, 0.15) is 58.7 Å². The molecule has 1 aliphatic rings. The quantitative estimate of drug-likeness (QED) is 0.0473. The van der Waals surface area contributed by atoms with E-state index in [1.54, 1.807) is 78.4 Å². The highest BCUT2D eigenvalue weighted by molar-refractivity contribution is 7.91. The van der Waals surface area contributed by atoms with Crippen LogP contribution in [0.2, 0.25) is 0 Å². The van der Waals surface area contributed by atoms with E-state index in [9.17, 15) is 32.9 Å². The number of carbonyl (C=O) groups is 3. The highest BCUT2D eigenvalue weighted by Crippen LogP contribution is 2.50. The predicted molar refractivity (Wildman–Crippen MR) is 262 cm³/mol. The van der Waals surface area contributed by atoms with Gasteiger partial charge in [-0.25, -0.2) is 22.9 Å². The van der Waals surface area contributed by atoms with Crippen molar-refractivity contribution in [3.63, 3.8) is 0 Å². The third kappa shape index (κ3) is 13.2. The highest BCUT2D eigenvalue weighted by atomic mass is 32.2. The van der Waals surface area contributed by atoms with Crippen LogP contribution in [-0.4, -0.2) is 119 Å². The van der Waals surface area contributed by atoms with Crippen LogP contribution in [0, 0.1) is 11.3 Å². The molecular formula is C48H56N9O12PS. The van der Waals surface area contributed by atoms with E-state index >= 15 is 0 Å². The van der Waals surface area contributed by atoms with Crippen LogP contribution in [0.4, 0.5) is 10.7 Å². The molecule has 1 aliphatic heterocycles. The molecule has 3 aromatic carbocycles. The first-order valence-corrected chi connectivity index (χ1v) is 25.7. The Hall–Kier alpha value is -6.73. The summed E-state index contributed by atoms with van der Waals surface area (Å²) in [4.78, 5) is 64.3. The van der Waals surface area contributed by atoms with Crippen molar-refractivity contribution in [1.29, 1.82) is 5.26 Å². The maximum atomic E-state index is 13.3. The minimum absolute atomic E-state index is 0.00719. The van der Waals surface area contributed by atoms with Gasteiger partial charge in [0.25, 0.3) is 14.1 Å². The number of H-pyrrole nitrogens is 1. The third-order valence-electron chi connectivity index (χ3n) is 11.2. The molecule has 7 rings (SSSR count). The molecule has 6 aromatic rings. The first kappa shape index (κ1) is 52.1. The number of hydrogen-bond donors (Lipinski definition) is 3. The number of carbonyl (C=O) groups excluding carboxylic acids is 3. The average molecular weight is 1010 g/mol. The van der Waals surface area contributed by atoms with Crippen molar-refractivity contribution in [2.45, 2.75) is 88.8 Å². The second-order valence-electron chi connectivity index (χ2n) is 16.9. The highest BCUT2D eigenvalue weighted by Gasteiger charge is 2.42. The summed E-state index contributed by atoms with van der Waals surface area (Å²) < 4.78 is 66.6. The molecule has 0 bridgehead atoms. The van der Waals surface area contributed by atoms with Crippen molar-refractivity contribution < 1.29 is 50.8 Å². The third-order valence-corrected chi connectivity index (χ3v) is 15.1. The van der Waals surface area contributed by atoms with Gasteiger partial charge in [0.05, 0.1) is 61.2 Å². The Balaban J connectivity index is 0.986. The number of para-hydroxylation sites is 1. The number of ether oxygens (including phenoxy) is 4. The van der Waals surface area contributed by atoms with Gasteiger partial charge >= 0.3 is 6.09 Å². The molecule has 4 heterocycles. The normalized spacial score (nSPS) is 16.4. The van der Waals surface area contributed by atoms with Gasteiger partial charge in [-0.1, -0.05) is 36.4 Å². The van der Waals surface area contributed by atoms with Crippen molar-refractivity contribution >= 4 is 64.3 Å². The number of imidazole rings is 1. The second-order valence-corrected chi connectivity index (χ2v) is 20.4. The van der Waals surface area contributed by atoms with E-state index in [1.165, 1.54) is 29.2 Å². The number of sulfone groups is 1. The molecular weight excluding hydrogens is 958 g/mol. The molecule has 2 amide bonds. The Bertz CT molecular complexity index is 3000. The van der Waals surface area contributed by atoms with Crippen molar-refractivity contribution in [2.75, 3.05) is 44.5 Å². The molecule has 1 saturated heterocycles. The molecule has 3 aromatic heterocycles. The van der Waals surface area contributed by atoms with Crippen LogP contribution in [0.3, 0.4) is 0 Å². The lowest BCUT2D eigenvalue weighted by Gasteiger charge is -2.37. The molecule has 23 heteroatoms. The summed E-state index contributed by atoms with van der Waals surface area (Å²) in [5.74, 6) is -0.308. The molecule has 4 atom stereocenters. The summed E-state index contributed by atoms with van der Waals surface area (Å²) in [5, 5.41) is 15.2. The van der Waals surface area contributed by atoms with Gasteiger partial charge in [0, 0.05) is 43.1 Å². The van der Waals surface area contributed by atoms with Crippen LogP contribution < -0.4 is 25.7 Å². The lowest BCUT2D eigenvalue weighted by Crippen LogP contribution is -2.37.